The first-order chi connectivity index (χ1) is 13.3. The Labute approximate surface area is 166 Å². The molecule has 0 atom stereocenters. The number of rotatable bonds is 9. The molecule has 3 N–H and O–H groups in total. The van der Waals surface area contributed by atoms with Crippen molar-refractivity contribution in [2.24, 2.45) is 5.92 Å². The quantitative estimate of drug-likeness (QED) is 0.566. The van der Waals surface area contributed by atoms with Gasteiger partial charge < -0.3 is 20.7 Å². The van der Waals surface area contributed by atoms with E-state index < -0.39 is 0 Å². The molecular formula is C22H27N3O3. The minimum Gasteiger partial charge on any atom is -0.489 e. The first-order valence-corrected chi connectivity index (χ1v) is 9.15. The van der Waals surface area contributed by atoms with E-state index in [9.17, 15) is 9.59 Å². The maximum Gasteiger partial charge on any atom is 0.243 e. The predicted molar refractivity (Wildman–Crippen MR) is 114 cm³/mol. The van der Waals surface area contributed by atoms with Crippen LogP contribution in [0.1, 0.15) is 20.8 Å². The lowest BCUT2D eigenvalue weighted by Crippen LogP contribution is -2.21. The van der Waals surface area contributed by atoms with Gasteiger partial charge in [-0.05, 0) is 61.0 Å². The summed E-state index contributed by atoms with van der Waals surface area (Å²) in [7, 11) is 0. The number of nitrogens with one attached hydrogen (secondary N) is 3. The molecule has 0 aliphatic rings. The molecule has 0 aliphatic carbocycles. The number of anilines is 3. The summed E-state index contributed by atoms with van der Waals surface area (Å²) in [6.07, 6.45) is 0. The number of carbonyl (C=O) groups excluding carboxylic acids is 2. The van der Waals surface area contributed by atoms with Crippen LogP contribution >= 0.6 is 0 Å². The lowest BCUT2D eigenvalue weighted by Gasteiger charge is -2.11. The summed E-state index contributed by atoms with van der Waals surface area (Å²) in [5.41, 5.74) is 3.14. The number of hydrogen-bond acceptors (Lipinski definition) is 4. The lowest BCUT2D eigenvalue weighted by molar-refractivity contribution is -0.119. The van der Waals surface area contributed by atoms with Crippen molar-refractivity contribution in [2.75, 3.05) is 29.1 Å². The van der Waals surface area contributed by atoms with Crippen molar-refractivity contribution in [2.45, 2.75) is 20.8 Å². The molecule has 0 fully saturated rings. The number of benzene rings is 2. The molecule has 0 saturated carbocycles. The van der Waals surface area contributed by atoms with E-state index in [0.717, 1.165) is 17.0 Å². The Balaban J connectivity index is 1.79. The maximum atomic E-state index is 12.1. The average molecular weight is 381 g/mol. The van der Waals surface area contributed by atoms with Crippen LogP contribution in [0.3, 0.4) is 0 Å². The SMILES string of the molecule is C=C(C)COc1ccc(NCC(=O)Nc2ccc(NC(=O)C(C)C)cc2)cc1. The van der Waals surface area contributed by atoms with Crippen LogP contribution in [-0.4, -0.2) is 25.0 Å². The molecule has 28 heavy (non-hydrogen) atoms. The Kier molecular flexibility index (Phi) is 7.63. The molecule has 2 aromatic rings. The van der Waals surface area contributed by atoms with Crippen LogP contribution in [0.5, 0.6) is 5.75 Å². The van der Waals surface area contributed by atoms with Crippen LogP contribution < -0.4 is 20.7 Å². The second-order valence-corrected chi connectivity index (χ2v) is 6.89. The van der Waals surface area contributed by atoms with Crippen LogP contribution in [0.25, 0.3) is 0 Å². The number of amides is 2. The summed E-state index contributed by atoms with van der Waals surface area (Å²) in [6, 6.07) is 14.4. The van der Waals surface area contributed by atoms with Gasteiger partial charge in [0.25, 0.3) is 0 Å². The number of hydrogen-bond donors (Lipinski definition) is 3. The highest BCUT2D eigenvalue weighted by atomic mass is 16.5. The normalized spacial score (nSPS) is 10.3. The Morgan fingerprint density at radius 2 is 1.46 bits per heavy atom. The van der Waals surface area contributed by atoms with Gasteiger partial charge in [0.2, 0.25) is 11.8 Å². The van der Waals surface area contributed by atoms with E-state index in [1.165, 1.54) is 0 Å². The second-order valence-electron chi connectivity index (χ2n) is 6.89. The molecule has 0 radical (unpaired) electrons. The molecule has 0 bridgehead atoms. The summed E-state index contributed by atoms with van der Waals surface area (Å²) >= 11 is 0. The molecule has 0 spiro atoms. The molecule has 2 aromatic carbocycles. The summed E-state index contributed by atoms with van der Waals surface area (Å²) in [4.78, 5) is 23.8. The van der Waals surface area contributed by atoms with Crippen LogP contribution in [0, 0.1) is 5.92 Å². The molecule has 2 rings (SSSR count). The highest BCUT2D eigenvalue weighted by Crippen LogP contribution is 2.17. The Hall–Kier alpha value is -3.28. The van der Waals surface area contributed by atoms with E-state index >= 15 is 0 Å². The molecule has 0 aromatic heterocycles. The van der Waals surface area contributed by atoms with E-state index in [2.05, 4.69) is 22.5 Å². The molecule has 0 aliphatic heterocycles. The minimum absolute atomic E-state index is 0.0444. The van der Waals surface area contributed by atoms with E-state index in [4.69, 9.17) is 4.74 Å². The standard InChI is InChI=1S/C22H27N3O3/c1-15(2)14-28-20-11-9-17(10-12-20)23-13-21(26)24-18-5-7-19(8-6-18)25-22(27)16(3)4/h5-12,16,23H,1,13-14H2,2-4H3,(H,24,26)(H,25,27). The van der Waals surface area contributed by atoms with Crippen LogP contribution in [0.2, 0.25) is 0 Å². The van der Waals surface area contributed by atoms with Gasteiger partial charge in [0, 0.05) is 23.0 Å². The average Bonchev–Trinajstić information content (AvgIpc) is 2.67. The summed E-state index contributed by atoms with van der Waals surface area (Å²) in [5, 5.41) is 8.68. The molecule has 0 unspecified atom stereocenters. The van der Waals surface area contributed by atoms with Crippen LogP contribution in [0.15, 0.2) is 60.7 Å². The molecule has 6 heteroatoms. The van der Waals surface area contributed by atoms with Gasteiger partial charge in [-0.15, -0.1) is 0 Å². The number of carbonyl (C=O) groups is 2. The van der Waals surface area contributed by atoms with Crippen molar-refractivity contribution in [3.63, 3.8) is 0 Å². The second kappa shape index (κ2) is 10.2. The molecule has 148 valence electrons. The fourth-order valence-corrected chi connectivity index (χ4v) is 2.19. The molecule has 0 saturated heterocycles. The van der Waals surface area contributed by atoms with Gasteiger partial charge in [-0.3, -0.25) is 9.59 Å². The van der Waals surface area contributed by atoms with Gasteiger partial charge in [-0.2, -0.15) is 0 Å². The zero-order valence-corrected chi connectivity index (χ0v) is 16.5. The van der Waals surface area contributed by atoms with Crippen molar-refractivity contribution in [3.05, 3.63) is 60.7 Å². The maximum absolute atomic E-state index is 12.1. The topological polar surface area (TPSA) is 79.5 Å². The van der Waals surface area contributed by atoms with Gasteiger partial charge in [-0.25, -0.2) is 0 Å². The third-order valence-corrected chi connectivity index (χ3v) is 3.75. The van der Waals surface area contributed by atoms with Crippen molar-refractivity contribution in [1.29, 1.82) is 0 Å². The highest BCUT2D eigenvalue weighted by Gasteiger charge is 2.07. The first kappa shape index (κ1) is 21.0. The van der Waals surface area contributed by atoms with Crippen molar-refractivity contribution in [3.8, 4) is 5.75 Å². The highest BCUT2D eigenvalue weighted by molar-refractivity contribution is 5.95. The fourth-order valence-electron chi connectivity index (χ4n) is 2.19. The van der Waals surface area contributed by atoms with E-state index in [0.29, 0.717) is 18.0 Å². The predicted octanol–water partition coefficient (Wildman–Crippen LogP) is 4.29. The smallest absolute Gasteiger partial charge is 0.243 e. The Morgan fingerprint density at radius 3 is 2.00 bits per heavy atom. The summed E-state index contributed by atoms with van der Waals surface area (Å²) in [6.45, 7) is 9.99. The molecule has 0 heterocycles. The van der Waals surface area contributed by atoms with Crippen molar-refractivity contribution >= 4 is 28.9 Å². The van der Waals surface area contributed by atoms with E-state index in [1.54, 1.807) is 24.3 Å². The molecule has 2 amide bonds. The largest absolute Gasteiger partial charge is 0.489 e. The third kappa shape index (κ3) is 7.15. The van der Waals surface area contributed by atoms with Crippen LogP contribution in [-0.2, 0) is 9.59 Å². The monoisotopic (exact) mass is 381 g/mol. The first-order valence-electron chi connectivity index (χ1n) is 9.15. The van der Waals surface area contributed by atoms with Gasteiger partial charge in [0.15, 0.2) is 0 Å². The zero-order chi connectivity index (χ0) is 20.5. The van der Waals surface area contributed by atoms with Gasteiger partial charge in [0.05, 0.1) is 6.54 Å². The van der Waals surface area contributed by atoms with Crippen molar-refractivity contribution < 1.29 is 14.3 Å². The summed E-state index contributed by atoms with van der Waals surface area (Å²) in [5.74, 6) is 0.457. The van der Waals surface area contributed by atoms with Gasteiger partial charge >= 0.3 is 0 Å². The molecule has 6 nitrogen and oxygen atoms in total. The molecular weight excluding hydrogens is 354 g/mol. The van der Waals surface area contributed by atoms with E-state index in [1.807, 2.05) is 45.0 Å². The zero-order valence-electron chi connectivity index (χ0n) is 16.5. The van der Waals surface area contributed by atoms with E-state index in [-0.39, 0.29) is 24.3 Å². The van der Waals surface area contributed by atoms with Gasteiger partial charge in [0.1, 0.15) is 12.4 Å². The number of ether oxygens (including phenoxy) is 1. The Bertz CT molecular complexity index is 812. The minimum atomic E-state index is -0.165. The lowest BCUT2D eigenvalue weighted by atomic mass is 10.2. The summed E-state index contributed by atoms with van der Waals surface area (Å²) < 4.78 is 5.54. The van der Waals surface area contributed by atoms with Crippen molar-refractivity contribution in [1.82, 2.24) is 0 Å². The van der Waals surface area contributed by atoms with Gasteiger partial charge in [-0.1, -0.05) is 20.4 Å². The third-order valence-electron chi connectivity index (χ3n) is 3.75. The fraction of sp³-hybridized carbons (Fsp3) is 0.273. The van der Waals surface area contributed by atoms with Crippen LogP contribution in [0.4, 0.5) is 17.1 Å². The Morgan fingerprint density at radius 1 is 0.929 bits per heavy atom.